The Morgan fingerprint density at radius 3 is 2.38 bits per heavy atom. The van der Waals surface area contributed by atoms with Gasteiger partial charge in [-0.3, -0.25) is 9.48 Å². The molecule has 5 rings (SSSR count). The number of hydrogen-bond acceptors (Lipinski definition) is 3. The maximum absolute atomic E-state index is 12.6. The molecule has 5 nitrogen and oxygen atoms in total. The van der Waals surface area contributed by atoms with E-state index in [4.69, 9.17) is 5.73 Å². The number of nitrogen functional groups attached to an aromatic ring is 1. The van der Waals surface area contributed by atoms with Crippen molar-refractivity contribution in [1.29, 1.82) is 0 Å². The number of anilines is 1. The summed E-state index contributed by atoms with van der Waals surface area (Å²) >= 11 is 0. The SMILES string of the molecule is CCn1cc(N)c(C(=O)NC23CC4CC(CC(C4)C2)C3)n1. The van der Waals surface area contributed by atoms with Crippen LogP contribution < -0.4 is 11.1 Å². The van der Waals surface area contributed by atoms with Crippen LogP contribution in [0.25, 0.3) is 0 Å². The van der Waals surface area contributed by atoms with E-state index < -0.39 is 0 Å². The fourth-order valence-electron chi connectivity index (χ4n) is 5.34. The Kier molecular flexibility index (Phi) is 2.81. The molecule has 0 radical (unpaired) electrons. The van der Waals surface area contributed by atoms with Gasteiger partial charge < -0.3 is 11.1 Å². The third kappa shape index (κ3) is 2.14. The summed E-state index contributed by atoms with van der Waals surface area (Å²) in [5.74, 6) is 2.38. The van der Waals surface area contributed by atoms with Crippen molar-refractivity contribution in [2.75, 3.05) is 5.73 Å². The predicted molar refractivity (Wildman–Crippen MR) is 80.7 cm³/mol. The van der Waals surface area contributed by atoms with E-state index in [2.05, 4.69) is 10.4 Å². The van der Waals surface area contributed by atoms with Gasteiger partial charge in [-0.25, -0.2) is 0 Å². The first-order chi connectivity index (χ1) is 10.1. The van der Waals surface area contributed by atoms with Crippen LogP contribution in [0.4, 0.5) is 5.69 Å². The van der Waals surface area contributed by atoms with Gasteiger partial charge in [-0.15, -0.1) is 0 Å². The van der Waals surface area contributed by atoms with Crippen LogP contribution in [-0.2, 0) is 6.54 Å². The Morgan fingerprint density at radius 1 is 1.33 bits per heavy atom. The number of aryl methyl sites for hydroxylation is 1. The highest BCUT2D eigenvalue weighted by molar-refractivity contribution is 5.97. The summed E-state index contributed by atoms with van der Waals surface area (Å²) in [5.41, 5.74) is 6.84. The van der Waals surface area contributed by atoms with Crippen molar-refractivity contribution in [2.45, 2.75) is 57.5 Å². The molecule has 114 valence electrons. The Bertz CT molecular complexity index is 542. The molecule has 0 aliphatic heterocycles. The highest BCUT2D eigenvalue weighted by Gasteiger charge is 2.51. The first-order valence-corrected chi connectivity index (χ1v) is 8.22. The molecule has 1 aromatic heterocycles. The van der Waals surface area contributed by atoms with Gasteiger partial charge >= 0.3 is 0 Å². The van der Waals surface area contributed by atoms with Crippen molar-refractivity contribution in [3.05, 3.63) is 11.9 Å². The summed E-state index contributed by atoms with van der Waals surface area (Å²) in [6.45, 7) is 2.72. The van der Waals surface area contributed by atoms with E-state index in [0.717, 1.165) is 43.6 Å². The Hall–Kier alpha value is -1.52. The summed E-state index contributed by atoms with van der Waals surface area (Å²) in [6, 6.07) is 0. The van der Waals surface area contributed by atoms with Crippen LogP contribution in [0, 0.1) is 17.8 Å². The highest BCUT2D eigenvalue weighted by atomic mass is 16.2. The molecule has 3 N–H and O–H groups in total. The lowest BCUT2D eigenvalue weighted by Crippen LogP contribution is -2.59. The van der Waals surface area contributed by atoms with Crippen LogP contribution in [0.3, 0.4) is 0 Å². The lowest BCUT2D eigenvalue weighted by atomic mass is 9.53. The summed E-state index contributed by atoms with van der Waals surface area (Å²) in [4.78, 5) is 12.6. The minimum atomic E-state index is -0.0818. The van der Waals surface area contributed by atoms with Crippen molar-refractivity contribution >= 4 is 11.6 Å². The fraction of sp³-hybridized carbons (Fsp3) is 0.750. The molecule has 4 saturated carbocycles. The molecule has 1 aromatic rings. The van der Waals surface area contributed by atoms with Gasteiger partial charge in [-0.2, -0.15) is 5.10 Å². The molecular formula is C16H24N4O. The van der Waals surface area contributed by atoms with Gasteiger partial charge in [-0.05, 0) is 63.2 Å². The number of nitrogens with zero attached hydrogens (tertiary/aromatic N) is 2. The normalized spacial score (nSPS) is 36.9. The van der Waals surface area contributed by atoms with E-state index in [9.17, 15) is 4.79 Å². The molecule has 0 unspecified atom stereocenters. The number of amides is 1. The molecule has 4 bridgehead atoms. The van der Waals surface area contributed by atoms with Gasteiger partial charge in [-0.1, -0.05) is 0 Å². The smallest absolute Gasteiger partial charge is 0.274 e. The van der Waals surface area contributed by atoms with Crippen LogP contribution in [0.1, 0.15) is 55.9 Å². The van der Waals surface area contributed by atoms with E-state index in [-0.39, 0.29) is 11.4 Å². The third-order valence-corrected chi connectivity index (χ3v) is 5.75. The lowest BCUT2D eigenvalue weighted by Gasteiger charge is -2.56. The van der Waals surface area contributed by atoms with Crippen molar-refractivity contribution in [3.8, 4) is 0 Å². The number of aromatic nitrogens is 2. The maximum atomic E-state index is 12.6. The van der Waals surface area contributed by atoms with Crippen LogP contribution in [0.15, 0.2) is 6.20 Å². The quantitative estimate of drug-likeness (QED) is 0.895. The van der Waals surface area contributed by atoms with Gasteiger partial charge in [0.15, 0.2) is 5.69 Å². The summed E-state index contributed by atoms with van der Waals surface area (Å²) in [6.07, 6.45) is 9.33. The molecule has 5 heteroatoms. The minimum Gasteiger partial charge on any atom is -0.396 e. The number of carbonyl (C=O) groups is 1. The van der Waals surface area contributed by atoms with Gasteiger partial charge in [0, 0.05) is 18.3 Å². The number of rotatable bonds is 3. The fourth-order valence-corrected chi connectivity index (χ4v) is 5.34. The predicted octanol–water partition coefficient (Wildman–Crippen LogP) is 2.18. The van der Waals surface area contributed by atoms with Crippen LogP contribution in [-0.4, -0.2) is 21.2 Å². The molecular weight excluding hydrogens is 264 g/mol. The topological polar surface area (TPSA) is 72.9 Å². The molecule has 1 amide bonds. The number of nitrogens with one attached hydrogen (secondary N) is 1. The average Bonchev–Trinajstić information content (AvgIpc) is 2.78. The second-order valence-corrected chi connectivity index (χ2v) is 7.44. The molecule has 0 atom stereocenters. The highest BCUT2D eigenvalue weighted by Crippen LogP contribution is 2.55. The Morgan fingerprint density at radius 2 is 1.90 bits per heavy atom. The van der Waals surface area contributed by atoms with Crippen molar-refractivity contribution in [1.82, 2.24) is 15.1 Å². The van der Waals surface area contributed by atoms with Crippen molar-refractivity contribution in [3.63, 3.8) is 0 Å². The van der Waals surface area contributed by atoms with Gasteiger partial charge in [0.2, 0.25) is 0 Å². The second kappa shape index (κ2) is 4.49. The zero-order valence-electron chi connectivity index (χ0n) is 12.6. The van der Waals surface area contributed by atoms with Gasteiger partial charge in [0.1, 0.15) is 0 Å². The lowest BCUT2D eigenvalue weighted by molar-refractivity contribution is -0.0167. The molecule has 0 aromatic carbocycles. The van der Waals surface area contributed by atoms with E-state index >= 15 is 0 Å². The Balaban J connectivity index is 1.55. The number of hydrogen-bond donors (Lipinski definition) is 2. The molecule has 4 fully saturated rings. The third-order valence-electron chi connectivity index (χ3n) is 5.75. The molecule has 21 heavy (non-hydrogen) atoms. The van der Waals surface area contributed by atoms with Crippen molar-refractivity contribution < 1.29 is 4.79 Å². The van der Waals surface area contributed by atoms with Crippen LogP contribution >= 0.6 is 0 Å². The number of nitrogens with two attached hydrogens (primary N) is 1. The monoisotopic (exact) mass is 288 g/mol. The largest absolute Gasteiger partial charge is 0.396 e. The summed E-state index contributed by atoms with van der Waals surface area (Å²) in [5, 5.41) is 7.63. The van der Waals surface area contributed by atoms with E-state index in [1.807, 2.05) is 6.92 Å². The maximum Gasteiger partial charge on any atom is 0.274 e. The zero-order valence-corrected chi connectivity index (χ0v) is 12.6. The minimum absolute atomic E-state index is 0.0221. The first kappa shape index (κ1) is 13.2. The van der Waals surface area contributed by atoms with E-state index in [1.54, 1.807) is 10.9 Å². The van der Waals surface area contributed by atoms with Gasteiger partial charge in [0.25, 0.3) is 5.91 Å². The molecule has 1 heterocycles. The standard InChI is InChI=1S/C16H24N4O/c1-2-20-9-13(17)14(19-20)15(21)18-16-6-10-3-11(7-16)5-12(4-10)8-16/h9-12H,2-8,17H2,1H3,(H,18,21). The van der Waals surface area contributed by atoms with E-state index in [1.165, 1.54) is 19.3 Å². The first-order valence-electron chi connectivity index (χ1n) is 8.22. The molecule has 0 spiro atoms. The van der Waals surface area contributed by atoms with E-state index in [0.29, 0.717) is 11.4 Å². The van der Waals surface area contributed by atoms with Crippen LogP contribution in [0.2, 0.25) is 0 Å². The molecule has 4 aliphatic carbocycles. The Labute approximate surface area is 125 Å². The van der Waals surface area contributed by atoms with Crippen LogP contribution in [0.5, 0.6) is 0 Å². The molecule has 4 aliphatic rings. The summed E-state index contributed by atoms with van der Waals surface area (Å²) < 4.78 is 1.73. The zero-order chi connectivity index (χ0) is 14.6. The number of carbonyl (C=O) groups excluding carboxylic acids is 1. The second-order valence-electron chi connectivity index (χ2n) is 7.44. The average molecular weight is 288 g/mol. The summed E-state index contributed by atoms with van der Waals surface area (Å²) in [7, 11) is 0. The van der Waals surface area contributed by atoms with Crippen molar-refractivity contribution in [2.24, 2.45) is 17.8 Å². The van der Waals surface area contributed by atoms with Gasteiger partial charge in [0.05, 0.1) is 5.69 Å². The molecule has 0 saturated heterocycles.